The average Bonchev–Trinajstić information content (AvgIpc) is 3.08. The van der Waals surface area contributed by atoms with Gasteiger partial charge in [-0.25, -0.2) is 4.79 Å². The number of carbonyl (C=O) groups excluding carboxylic acids is 3. The molecule has 0 aromatic heterocycles. The third-order valence-corrected chi connectivity index (χ3v) is 4.11. The van der Waals surface area contributed by atoms with Crippen LogP contribution in [0.1, 0.15) is 6.92 Å². The number of likely N-dealkylation sites (N-methyl/N-ethyl adjacent to an activating group) is 1. The molecule has 8 nitrogen and oxygen atoms in total. The van der Waals surface area contributed by atoms with Crippen molar-refractivity contribution in [2.75, 3.05) is 43.2 Å². The van der Waals surface area contributed by atoms with Gasteiger partial charge in [0.2, 0.25) is 11.8 Å². The fourth-order valence-electron chi connectivity index (χ4n) is 2.78. The third kappa shape index (κ3) is 3.27. The Balaban J connectivity index is 1.64. The minimum absolute atomic E-state index is 0.0861. The zero-order valence-electron chi connectivity index (χ0n) is 13.7. The first-order chi connectivity index (χ1) is 11.4. The zero-order valence-corrected chi connectivity index (χ0v) is 13.7. The minimum Gasteiger partial charge on any atom is -0.442 e. The van der Waals surface area contributed by atoms with E-state index in [4.69, 9.17) is 4.74 Å². The molecule has 1 N–H and O–H groups in total. The van der Waals surface area contributed by atoms with Crippen LogP contribution in [0.15, 0.2) is 24.3 Å². The van der Waals surface area contributed by atoms with Gasteiger partial charge >= 0.3 is 6.09 Å². The number of hydrogen-bond acceptors (Lipinski definition) is 5. The maximum absolute atomic E-state index is 12.0. The third-order valence-electron chi connectivity index (χ3n) is 4.11. The normalized spacial score (nSPS) is 20.6. The lowest BCUT2D eigenvalue weighted by molar-refractivity contribution is -0.125. The molecule has 0 saturated carbocycles. The molecule has 1 atom stereocenters. The number of anilines is 2. The predicted octanol–water partition coefficient (Wildman–Crippen LogP) is 0.384. The van der Waals surface area contributed by atoms with Gasteiger partial charge in [0.05, 0.1) is 26.3 Å². The first-order valence-corrected chi connectivity index (χ1v) is 7.75. The van der Waals surface area contributed by atoms with Crippen molar-refractivity contribution in [1.29, 1.82) is 0 Å². The van der Waals surface area contributed by atoms with Crippen LogP contribution in [-0.4, -0.2) is 62.3 Å². The van der Waals surface area contributed by atoms with Crippen molar-refractivity contribution in [3.63, 3.8) is 0 Å². The summed E-state index contributed by atoms with van der Waals surface area (Å²) in [6.45, 7) is 3.04. The summed E-state index contributed by atoms with van der Waals surface area (Å²) in [4.78, 5) is 39.7. The summed E-state index contributed by atoms with van der Waals surface area (Å²) < 4.78 is 5.25. The first kappa shape index (κ1) is 16.1. The Hall–Kier alpha value is -2.77. The Labute approximate surface area is 139 Å². The highest BCUT2D eigenvalue weighted by Crippen LogP contribution is 2.26. The van der Waals surface area contributed by atoms with E-state index in [0.717, 1.165) is 11.4 Å². The summed E-state index contributed by atoms with van der Waals surface area (Å²) in [6.07, 6.45) is -0.778. The number of carbonyl (C=O) groups is 3. The molecular formula is C16H20N4O4. The van der Waals surface area contributed by atoms with E-state index in [-0.39, 0.29) is 17.9 Å². The Morgan fingerprint density at radius 2 is 1.92 bits per heavy atom. The van der Waals surface area contributed by atoms with Gasteiger partial charge in [0.15, 0.2) is 0 Å². The van der Waals surface area contributed by atoms with Gasteiger partial charge in [-0.2, -0.15) is 0 Å². The van der Waals surface area contributed by atoms with E-state index in [9.17, 15) is 14.4 Å². The van der Waals surface area contributed by atoms with E-state index in [1.807, 2.05) is 29.2 Å². The zero-order chi connectivity index (χ0) is 17.3. The maximum atomic E-state index is 12.0. The summed E-state index contributed by atoms with van der Waals surface area (Å²) in [6, 6.07) is 7.44. The summed E-state index contributed by atoms with van der Waals surface area (Å²) in [7, 11) is 1.77. The average molecular weight is 332 g/mol. The molecule has 2 aliphatic heterocycles. The molecule has 1 unspecified atom stereocenters. The lowest BCUT2D eigenvalue weighted by atomic mass is 10.2. The fraction of sp³-hybridized carbons (Fsp3) is 0.438. The van der Waals surface area contributed by atoms with Gasteiger partial charge in [-0.1, -0.05) is 0 Å². The molecule has 2 fully saturated rings. The van der Waals surface area contributed by atoms with Crippen LogP contribution < -0.4 is 15.1 Å². The number of ether oxygens (including phenoxy) is 1. The molecule has 24 heavy (non-hydrogen) atoms. The molecule has 2 saturated heterocycles. The van der Waals surface area contributed by atoms with Crippen LogP contribution in [0.25, 0.3) is 0 Å². The van der Waals surface area contributed by atoms with E-state index < -0.39 is 6.09 Å². The molecule has 2 heterocycles. The van der Waals surface area contributed by atoms with Crippen molar-refractivity contribution in [3.05, 3.63) is 24.3 Å². The first-order valence-electron chi connectivity index (χ1n) is 7.75. The number of nitrogens with one attached hydrogen (secondary N) is 1. The van der Waals surface area contributed by atoms with Gasteiger partial charge in [-0.3, -0.25) is 14.5 Å². The van der Waals surface area contributed by atoms with Gasteiger partial charge in [0.25, 0.3) is 0 Å². The lowest BCUT2D eigenvalue weighted by Gasteiger charge is -2.19. The van der Waals surface area contributed by atoms with Crippen molar-refractivity contribution < 1.29 is 19.1 Å². The van der Waals surface area contributed by atoms with Crippen molar-refractivity contribution in [3.8, 4) is 0 Å². The second-order valence-corrected chi connectivity index (χ2v) is 6.00. The Bertz CT molecular complexity index is 661. The summed E-state index contributed by atoms with van der Waals surface area (Å²) in [5.41, 5.74) is 1.66. The van der Waals surface area contributed by atoms with Crippen LogP contribution in [0, 0.1) is 0 Å². The van der Waals surface area contributed by atoms with Gasteiger partial charge in [0.1, 0.15) is 6.10 Å². The number of amides is 3. The lowest BCUT2D eigenvalue weighted by Crippen LogP contribution is -2.33. The van der Waals surface area contributed by atoms with E-state index in [2.05, 4.69) is 5.32 Å². The molecule has 0 bridgehead atoms. The smallest absolute Gasteiger partial charge is 0.414 e. The number of nitrogens with zero attached hydrogens (tertiary/aromatic N) is 3. The van der Waals surface area contributed by atoms with Crippen LogP contribution >= 0.6 is 0 Å². The standard InChI is InChI=1S/C16H20N4O4/c1-11(21)17-7-14-8-20(16(23)24-14)13-5-3-12(4-6-13)19-9-15(22)18(2)10-19/h3-6,14H,7-10H2,1-2H3,(H,17,21). The van der Waals surface area contributed by atoms with Crippen molar-refractivity contribution in [1.82, 2.24) is 10.2 Å². The van der Waals surface area contributed by atoms with E-state index in [0.29, 0.717) is 26.3 Å². The summed E-state index contributed by atoms with van der Waals surface area (Å²) in [5, 5.41) is 2.65. The molecular weight excluding hydrogens is 312 g/mol. The number of cyclic esters (lactones) is 1. The van der Waals surface area contributed by atoms with Gasteiger partial charge in [-0.15, -0.1) is 0 Å². The minimum atomic E-state index is -0.422. The second kappa shape index (κ2) is 6.38. The SMILES string of the molecule is CC(=O)NCC1CN(c2ccc(N3CC(=O)N(C)C3)cc2)C(=O)O1. The monoisotopic (exact) mass is 332 g/mol. The molecule has 0 aliphatic carbocycles. The molecule has 8 heteroatoms. The maximum Gasteiger partial charge on any atom is 0.414 e. The summed E-state index contributed by atoms with van der Waals surface area (Å²) in [5.74, 6) is -0.0676. The van der Waals surface area contributed by atoms with Crippen LogP contribution in [0.2, 0.25) is 0 Å². The van der Waals surface area contributed by atoms with Crippen molar-refractivity contribution in [2.45, 2.75) is 13.0 Å². The van der Waals surface area contributed by atoms with E-state index in [1.165, 1.54) is 11.8 Å². The molecule has 0 spiro atoms. The largest absolute Gasteiger partial charge is 0.442 e. The Kier molecular flexibility index (Phi) is 4.28. The molecule has 0 radical (unpaired) electrons. The van der Waals surface area contributed by atoms with Crippen molar-refractivity contribution in [2.24, 2.45) is 0 Å². The van der Waals surface area contributed by atoms with Crippen LogP contribution in [-0.2, 0) is 14.3 Å². The van der Waals surface area contributed by atoms with Crippen LogP contribution in [0.5, 0.6) is 0 Å². The van der Waals surface area contributed by atoms with Crippen LogP contribution in [0.3, 0.4) is 0 Å². The molecule has 3 amide bonds. The highest BCUT2D eigenvalue weighted by Gasteiger charge is 2.32. The number of benzene rings is 1. The summed E-state index contributed by atoms with van der Waals surface area (Å²) >= 11 is 0. The molecule has 1 aromatic rings. The molecule has 2 aliphatic rings. The molecule has 3 rings (SSSR count). The Morgan fingerprint density at radius 3 is 2.50 bits per heavy atom. The van der Waals surface area contributed by atoms with Crippen molar-refractivity contribution >= 4 is 29.3 Å². The predicted molar refractivity (Wildman–Crippen MR) is 87.7 cm³/mol. The van der Waals surface area contributed by atoms with E-state index in [1.54, 1.807) is 11.9 Å². The van der Waals surface area contributed by atoms with Gasteiger partial charge in [0, 0.05) is 25.3 Å². The van der Waals surface area contributed by atoms with Crippen LogP contribution in [0.4, 0.5) is 16.2 Å². The number of rotatable bonds is 4. The number of hydrogen-bond donors (Lipinski definition) is 1. The highest BCUT2D eigenvalue weighted by atomic mass is 16.6. The van der Waals surface area contributed by atoms with Gasteiger partial charge in [-0.05, 0) is 24.3 Å². The molecule has 1 aromatic carbocycles. The molecule has 128 valence electrons. The highest BCUT2D eigenvalue weighted by molar-refractivity contribution is 5.90. The van der Waals surface area contributed by atoms with Gasteiger partial charge < -0.3 is 19.9 Å². The van der Waals surface area contributed by atoms with E-state index >= 15 is 0 Å². The Morgan fingerprint density at radius 1 is 1.25 bits per heavy atom. The fourth-order valence-corrected chi connectivity index (χ4v) is 2.78. The topological polar surface area (TPSA) is 82.2 Å². The second-order valence-electron chi connectivity index (χ2n) is 6.00. The quantitative estimate of drug-likeness (QED) is 0.862.